The van der Waals surface area contributed by atoms with Gasteiger partial charge in [0.2, 0.25) is 0 Å². The number of carbonyl (C=O) groups is 5. The van der Waals surface area contributed by atoms with Crippen LogP contribution in [0, 0.1) is 10.3 Å². The number of hydroxylamine groups is 2. The van der Waals surface area contributed by atoms with E-state index in [-0.39, 0.29) is 52.1 Å². The van der Waals surface area contributed by atoms with Crippen molar-refractivity contribution in [2.75, 3.05) is 105 Å². The second kappa shape index (κ2) is 33.9. The van der Waals surface area contributed by atoms with Gasteiger partial charge in [-0.1, -0.05) is 5.18 Å². The summed E-state index contributed by atoms with van der Waals surface area (Å²) >= 11 is 0. The van der Waals surface area contributed by atoms with Gasteiger partial charge in [0.05, 0.1) is 58.2 Å². The molecule has 14 atom stereocenters. The van der Waals surface area contributed by atoms with Crippen LogP contribution in [0.15, 0.2) is 5.18 Å². The predicted octanol–water partition coefficient (Wildman–Crippen LogP) is -12.2. The van der Waals surface area contributed by atoms with Gasteiger partial charge in [0, 0.05) is 51.2 Å². The standard InChI is InChI=1S/C39H73N7O27/c47-10-22(51)30(62)33(65)25(54)13-73-42-16-38(6-21(43-70)29(61)34(66)31(63)23(52)11-48,14-40-37(69)36(68)35(67)32(64)24(53)12-49)15-41-72-5-1-2-39(46(9-28(59)60)19-71-20-50)17-44(7-26(55)56)3-4-45(18-39)8-27(57)58/h20-25,29-36,41-42,47-49,51-54,61-68H,1-19H2,(H,40,69)(H,55,56)(H,57,58)(H,59,60). The van der Waals surface area contributed by atoms with Gasteiger partial charge < -0.3 is 107 Å². The number of hydrogen-bond donors (Lipinski definition) is 21. The van der Waals surface area contributed by atoms with Crippen molar-refractivity contribution >= 4 is 30.3 Å². The third-order valence-electron chi connectivity index (χ3n) is 12.0. The molecule has 1 fully saturated rings. The van der Waals surface area contributed by atoms with E-state index in [1.165, 1.54) is 14.7 Å². The molecule has 0 radical (unpaired) electrons. The van der Waals surface area contributed by atoms with Gasteiger partial charge in [0.25, 0.3) is 12.4 Å². The number of amides is 1. The lowest BCUT2D eigenvalue weighted by Gasteiger charge is -2.45. The lowest BCUT2D eigenvalue weighted by Crippen LogP contribution is -2.61. The molecular weight excluding hydrogens is 998 g/mol. The first-order valence-corrected chi connectivity index (χ1v) is 22.5. The Labute approximate surface area is 416 Å². The number of aliphatic carboxylic acids is 3. The molecule has 73 heavy (non-hydrogen) atoms. The summed E-state index contributed by atoms with van der Waals surface area (Å²) in [6.07, 6.45) is -27.7. The molecule has 1 rings (SSSR count). The normalized spacial score (nSPS) is 20.8. The highest BCUT2D eigenvalue weighted by atomic mass is 16.7. The molecule has 1 aliphatic rings. The number of ether oxygens (including phenoxy) is 1. The Morgan fingerprint density at radius 3 is 1.60 bits per heavy atom. The van der Waals surface area contributed by atoms with Crippen molar-refractivity contribution in [3.05, 3.63) is 4.91 Å². The van der Waals surface area contributed by atoms with Crippen LogP contribution in [0.2, 0.25) is 0 Å². The second-order valence-corrected chi connectivity index (χ2v) is 17.6. The van der Waals surface area contributed by atoms with Crippen molar-refractivity contribution in [2.24, 2.45) is 10.6 Å². The third kappa shape index (κ3) is 22.4. The van der Waals surface area contributed by atoms with Gasteiger partial charge in [0.15, 0.2) is 6.10 Å². The first-order valence-electron chi connectivity index (χ1n) is 22.5. The van der Waals surface area contributed by atoms with Crippen LogP contribution in [-0.4, -0.2) is 327 Å². The highest BCUT2D eigenvalue weighted by Crippen LogP contribution is 2.30. The molecule has 0 spiro atoms. The number of rotatable bonds is 41. The van der Waals surface area contributed by atoms with E-state index < -0.39 is 193 Å². The molecule has 0 aromatic heterocycles. The number of carbonyl (C=O) groups excluding carboxylic acids is 2. The van der Waals surface area contributed by atoms with Crippen LogP contribution in [0.4, 0.5) is 0 Å². The van der Waals surface area contributed by atoms with E-state index in [2.05, 4.69) is 21.5 Å². The van der Waals surface area contributed by atoms with E-state index in [1.54, 1.807) is 0 Å². The molecule has 34 nitrogen and oxygen atoms in total. The van der Waals surface area contributed by atoms with Crippen LogP contribution < -0.4 is 16.3 Å². The van der Waals surface area contributed by atoms with Crippen molar-refractivity contribution in [1.82, 2.24) is 31.0 Å². The molecule has 14 unspecified atom stereocenters. The fourth-order valence-corrected chi connectivity index (χ4v) is 7.78. The van der Waals surface area contributed by atoms with Gasteiger partial charge in [-0.05, 0) is 19.3 Å². The molecule has 1 amide bonds. The summed E-state index contributed by atoms with van der Waals surface area (Å²) in [7, 11) is 0. The highest BCUT2D eigenvalue weighted by Gasteiger charge is 2.45. The molecule has 1 heterocycles. The molecule has 34 heteroatoms. The van der Waals surface area contributed by atoms with Gasteiger partial charge >= 0.3 is 17.9 Å². The Balaban J connectivity index is 3.76. The number of aliphatic hydroxyl groups is 15. The molecule has 21 N–H and O–H groups in total. The van der Waals surface area contributed by atoms with Crippen LogP contribution in [0.5, 0.6) is 0 Å². The maximum absolute atomic E-state index is 13.2. The minimum absolute atomic E-state index is 0.0179. The molecule has 0 aromatic carbocycles. The Hall–Kier alpha value is -3.93. The number of hydrogen-bond acceptors (Lipinski definition) is 30. The quantitative estimate of drug-likeness (QED) is 0.00889. The average Bonchev–Trinajstić information content (AvgIpc) is 3.53. The topological polar surface area (TPSA) is 552 Å². The Morgan fingerprint density at radius 1 is 0.658 bits per heavy atom. The molecule has 0 aliphatic carbocycles. The van der Waals surface area contributed by atoms with Crippen LogP contribution in [0.1, 0.15) is 19.3 Å². The summed E-state index contributed by atoms with van der Waals surface area (Å²) in [6.45, 7) is -9.71. The largest absolute Gasteiger partial charge is 0.480 e. The molecule has 1 aliphatic heterocycles. The summed E-state index contributed by atoms with van der Waals surface area (Å²) < 4.78 is 4.92. The predicted molar refractivity (Wildman–Crippen MR) is 237 cm³/mol. The van der Waals surface area contributed by atoms with Crippen LogP contribution in [0.25, 0.3) is 0 Å². The Bertz CT molecular complexity index is 1620. The van der Waals surface area contributed by atoms with E-state index in [4.69, 9.17) is 19.5 Å². The van der Waals surface area contributed by atoms with Crippen molar-refractivity contribution in [3.8, 4) is 0 Å². The van der Waals surface area contributed by atoms with E-state index in [9.17, 15) is 116 Å². The Morgan fingerprint density at radius 2 is 1.14 bits per heavy atom. The van der Waals surface area contributed by atoms with Crippen molar-refractivity contribution < 1.29 is 130 Å². The lowest BCUT2D eigenvalue weighted by atomic mass is 9.78. The summed E-state index contributed by atoms with van der Waals surface area (Å²) in [5, 5.41) is 185. The number of aliphatic hydroxyl groups excluding tert-OH is 15. The zero-order valence-electron chi connectivity index (χ0n) is 39.5. The van der Waals surface area contributed by atoms with E-state index in [0.717, 1.165) is 0 Å². The van der Waals surface area contributed by atoms with Gasteiger partial charge in [-0.25, -0.2) is 11.0 Å². The van der Waals surface area contributed by atoms with Gasteiger partial charge in [-0.15, -0.1) is 0 Å². The third-order valence-corrected chi connectivity index (χ3v) is 12.0. The van der Waals surface area contributed by atoms with Gasteiger partial charge in [-0.3, -0.25) is 43.5 Å². The van der Waals surface area contributed by atoms with E-state index in [1.807, 2.05) is 0 Å². The van der Waals surface area contributed by atoms with Crippen molar-refractivity contribution in [1.29, 1.82) is 0 Å². The van der Waals surface area contributed by atoms with Gasteiger partial charge in [-0.2, -0.15) is 4.91 Å². The smallest absolute Gasteiger partial charge is 0.317 e. The second-order valence-electron chi connectivity index (χ2n) is 17.6. The minimum Gasteiger partial charge on any atom is -0.480 e. The first-order chi connectivity index (χ1) is 34.3. The monoisotopic (exact) mass is 1070 g/mol. The molecule has 0 saturated carbocycles. The molecular formula is C39H73N7O27. The molecule has 1 saturated heterocycles. The minimum atomic E-state index is -2.56. The number of nitrogens with one attached hydrogen (secondary N) is 3. The number of carboxylic acid groups (broad SMARTS) is 3. The van der Waals surface area contributed by atoms with E-state index >= 15 is 0 Å². The SMILES string of the molecule is O=COCN(CC(=O)O)C1(CCCONCC(CNOCC(O)C(O)C(O)C(O)CO)(CNC(=O)C(O)C(O)C(O)C(O)CO)CC(N=O)C(O)C(O)C(O)C(O)CO)CN(CC(=O)O)CCN(CC(=O)O)C1. The molecule has 426 valence electrons. The zero-order valence-corrected chi connectivity index (χ0v) is 39.5. The highest BCUT2D eigenvalue weighted by molar-refractivity contribution is 5.81. The Kier molecular flexibility index (Phi) is 31.1. The first kappa shape index (κ1) is 67.1. The number of nitroso groups, excluding NO2 is 1. The fraction of sp³-hybridized carbons (Fsp3) is 0.872. The van der Waals surface area contributed by atoms with Crippen LogP contribution >= 0.6 is 0 Å². The van der Waals surface area contributed by atoms with E-state index in [0.29, 0.717) is 0 Å². The van der Waals surface area contributed by atoms with Crippen molar-refractivity contribution in [3.63, 3.8) is 0 Å². The summed E-state index contributed by atoms with van der Waals surface area (Å²) in [5.41, 5.74) is 1.43. The number of nitrogens with zero attached hydrogens (tertiary/aromatic N) is 4. The maximum Gasteiger partial charge on any atom is 0.317 e. The van der Waals surface area contributed by atoms with Crippen molar-refractivity contribution in [2.45, 2.75) is 104 Å². The molecule has 0 bridgehead atoms. The summed E-state index contributed by atoms with van der Waals surface area (Å²) in [4.78, 5) is 87.7. The summed E-state index contributed by atoms with van der Waals surface area (Å²) in [5.74, 6) is -5.45. The number of carboxylic acids is 3. The van der Waals surface area contributed by atoms with Crippen LogP contribution in [-0.2, 0) is 38.4 Å². The fourth-order valence-electron chi connectivity index (χ4n) is 7.78. The van der Waals surface area contributed by atoms with Crippen LogP contribution in [0.3, 0.4) is 0 Å². The zero-order chi connectivity index (χ0) is 55.6. The summed E-state index contributed by atoms with van der Waals surface area (Å²) in [6, 6.07) is -2.07. The lowest BCUT2D eigenvalue weighted by molar-refractivity contribution is -0.151. The molecule has 0 aromatic rings. The van der Waals surface area contributed by atoms with Gasteiger partial charge in [0.1, 0.15) is 79.9 Å². The maximum atomic E-state index is 13.2. The average molecular weight is 1070 g/mol.